The van der Waals surface area contributed by atoms with Crippen LogP contribution in [0.4, 0.5) is 0 Å². The van der Waals surface area contributed by atoms with Gasteiger partial charge in [-0.15, -0.1) is 24.0 Å². The van der Waals surface area contributed by atoms with Crippen molar-refractivity contribution < 1.29 is 14.2 Å². The van der Waals surface area contributed by atoms with Crippen molar-refractivity contribution >= 4 is 29.9 Å². The van der Waals surface area contributed by atoms with Crippen molar-refractivity contribution in [2.24, 2.45) is 10.4 Å². The smallest absolute Gasteiger partial charge is 0.191 e. The fourth-order valence-corrected chi connectivity index (χ4v) is 4.82. The lowest BCUT2D eigenvalue weighted by Gasteiger charge is -2.54. The van der Waals surface area contributed by atoms with Crippen LogP contribution in [0.15, 0.2) is 4.99 Å². The van der Waals surface area contributed by atoms with Crippen molar-refractivity contribution in [2.45, 2.75) is 76.5 Å². The third kappa shape index (κ3) is 5.93. The van der Waals surface area contributed by atoms with Gasteiger partial charge in [-0.1, -0.05) is 12.8 Å². The molecule has 27 heavy (non-hydrogen) atoms. The molecule has 2 atom stereocenters. The highest BCUT2D eigenvalue weighted by molar-refractivity contribution is 14.0. The highest BCUT2D eigenvalue weighted by Gasteiger charge is 2.56. The summed E-state index contributed by atoms with van der Waals surface area (Å²) in [6.45, 7) is 6.29. The Labute approximate surface area is 181 Å². The van der Waals surface area contributed by atoms with E-state index in [1.54, 1.807) is 0 Å². The molecule has 2 N–H and O–H groups in total. The normalized spacial score (nSPS) is 27.9. The monoisotopic (exact) mass is 495 g/mol. The average molecular weight is 495 g/mol. The van der Waals surface area contributed by atoms with Gasteiger partial charge in [0.2, 0.25) is 0 Å². The highest BCUT2D eigenvalue weighted by atomic mass is 127. The number of nitrogens with one attached hydrogen (secondary N) is 2. The summed E-state index contributed by atoms with van der Waals surface area (Å²) < 4.78 is 17.3. The summed E-state index contributed by atoms with van der Waals surface area (Å²) in [5, 5.41) is 7.12. The fourth-order valence-electron chi connectivity index (χ4n) is 4.82. The van der Waals surface area contributed by atoms with Crippen LogP contribution in [0.5, 0.6) is 0 Å². The molecule has 3 fully saturated rings. The maximum absolute atomic E-state index is 6.01. The summed E-state index contributed by atoms with van der Waals surface area (Å²) in [6, 6.07) is 0.492. The van der Waals surface area contributed by atoms with Crippen LogP contribution < -0.4 is 10.6 Å². The second-order valence-corrected chi connectivity index (χ2v) is 7.85. The van der Waals surface area contributed by atoms with Crippen LogP contribution in [0.2, 0.25) is 0 Å². The van der Waals surface area contributed by atoms with Crippen LogP contribution in [0.3, 0.4) is 0 Å². The van der Waals surface area contributed by atoms with Crippen LogP contribution in [-0.2, 0) is 14.2 Å². The standard InChI is InChI=1S/C20H37N3O3.HI/c1-3-25-18-15-17(20(18)9-4-5-10-20)23-19(21-2)22-11-6-12-26-16-7-13-24-14-8-16;/h16-18H,3-15H2,1-2H3,(H2,21,22,23);1H. The van der Waals surface area contributed by atoms with Crippen LogP contribution in [0, 0.1) is 5.41 Å². The van der Waals surface area contributed by atoms with E-state index >= 15 is 0 Å². The maximum Gasteiger partial charge on any atom is 0.191 e. The zero-order valence-corrected chi connectivity index (χ0v) is 19.3. The molecule has 3 rings (SSSR count). The zero-order valence-electron chi connectivity index (χ0n) is 17.0. The van der Waals surface area contributed by atoms with Crippen molar-refractivity contribution in [1.29, 1.82) is 0 Å². The second-order valence-electron chi connectivity index (χ2n) is 7.85. The molecule has 7 heteroatoms. The Morgan fingerprint density at radius 3 is 2.59 bits per heavy atom. The van der Waals surface area contributed by atoms with E-state index in [1.165, 1.54) is 25.7 Å². The van der Waals surface area contributed by atoms with Crippen molar-refractivity contribution in [2.75, 3.05) is 40.0 Å². The number of ether oxygens (including phenoxy) is 3. The molecular formula is C20H38IN3O3. The number of aliphatic imine (C=N–C) groups is 1. The highest BCUT2D eigenvalue weighted by Crippen LogP contribution is 2.54. The van der Waals surface area contributed by atoms with Crippen LogP contribution in [0.25, 0.3) is 0 Å². The number of rotatable bonds is 8. The number of guanidine groups is 1. The summed E-state index contributed by atoms with van der Waals surface area (Å²) in [6.07, 6.45) is 10.2. The van der Waals surface area contributed by atoms with Gasteiger partial charge in [-0.3, -0.25) is 4.99 Å². The third-order valence-electron chi connectivity index (χ3n) is 6.36. The molecule has 158 valence electrons. The molecule has 0 radical (unpaired) electrons. The van der Waals surface area contributed by atoms with E-state index in [1.807, 2.05) is 7.05 Å². The molecule has 2 saturated carbocycles. The van der Waals surface area contributed by atoms with Crippen LogP contribution in [0.1, 0.15) is 58.3 Å². The van der Waals surface area contributed by atoms with E-state index in [4.69, 9.17) is 14.2 Å². The van der Waals surface area contributed by atoms with Gasteiger partial charge in [0.1, 0.15) is 0 Å². The predicted molar refractivity (Wildman–Crippen MR) is 119 cm³/mol. The average Bonchev–Trinajstić information content (AvgIpc) is 3.19. The molecule has 0 amide bonds. The number of nitrogens with zero attached hydrogens (tertiary/aromatic N) is 1. The molecule has 0 bridgehead atoms. The largest absolute Gasteiger partial charge is 0.381 e. The van der Waals surface area contributed by atoms with Crippen LogP contribution in [-0.4, -0.2) is 64.2 Å². The molecular weight excluding hydrogens is 457 g/mol. The molecule has 0 aromatic rings. The predicted octanol–water partition coefficient (Wildman–Crippen LogP) is 3.09. The van der Waals surface area contributed by atoms with E-state index in [-0.39, 0.29) is 24.0 Å². The molecule has 0 aromatic heterocycles. The van der Waals surface area contributed by atoms with E-state index in [0.29, 0.717) is 23.7 Å². The summed E-state index contributed by atoms with van der Waals surface area (Å²) in [5.74, 6) is 0.919. The minimum absolute atomic E-state index is 0. The Bertz CT molecular complexity index is 452. The zero-order chi connectivity index (χ0) is 18.2. The Balaban J connectivity index is 0.00000261. The molecule has 1 aliphatic heterocycles. The van der Waals surface area contributed by atoms with Crippen molar-refractivity contribution in [3.8, 4) is 0 Å². The first-order chi connectivity index (χ1) is 12.8. The van der Waals surface area contributed by atoms with Crippen molar-refractivity contribution in [3.05, 3.63) is 0 Å². The Hall–Kier alpha value is -0.120. The lowest BCUT2D eigenvalue weighted by molar-refractivity contribution is -0.125. The van der Waals surface area contributed by atoms with E-state index in [2.05, 4.69) is 22.5 Å². The number of halogens is 1. The molecule has 1 heterocycles. The van der Waals surface area contributed by atoms with Gasteiger partial charge in [0.05, 0.1) is 12.2 Å². The molecule has 6 nitrogen and oxygen atoms in total. The topological polar surface area (TPSA) is 64.1 Å². The van der Waals surface area contributed by atoms with Crippen molar-refractivity contribution in [3.63, 3.8) is 0 Å². The second kappa shape index (κ2) is 11.8. The molecule has 1 spiro atoms. The van der Waals surface area contributed by atoms with E-state index in [9.17, 15) is 0 Å². The van der Waals surface area contributed by atoms with Gasteiger partial charge in [-0.2, -0.15) is 0 Å². The Morgan fingerprint density at radius 2 is 1.93 bits per heavy atom. The summed E-state index contributed by atoms with van der Waals surface area (Å²) in [4.78, 5) is 4.42. The minimum Gasteiger partial charge on any atom is -0.381 e. The summed E-state index contributed by atoms with van der Waals surface area (Å²) >= 11 is 0. The van der Waals surface area contributed by atoms with Gasteiger partial charge >= 0.3 is 0 Å². The first-order valence-electron chi connectivity index (χ1n) is 10.6. The molecule has 1 saturated heterocycles. The maximum atomic E-state index is 6.01. The number of hydrogen-bond acceptors (Lipinski definition) is 4. The van der Waals surface area contributed by atoms with E-state index in [0.717, 1.165) is 64.6 Å². The Morgan fingerprint density at radius 1 is 1.19 bits per heavy atom. The quantitative estimate of drug-likeness (QED) is 0.235. The van der Waals surface area contributed by atoms with Crippen molar-refractivity contribution in [1.82, 2.24) is 10.6 Å². The minimum atomic E-state index is 0. The van der Waals surface area contributed by atoms with Gasteiger partial charge in [-0.25, -0.2) is 0 Å². The third-order valence-corrected chi connectivity index (χ3v) is 6.36. The van der Waals surface area contributed by atoms with Gasteiger partial charge in [0.25, 0.3) is 0 Å². The van der Waals surface area contributed by atoms with Gasteiger partial charge in [-0.05, 0) is 45.4 Å². The number of hydrogen-bond donors (Lipinski definition) is 2. The molecule has 0 aromatic carbocycles. The van der Waals surface area contributed by atoms with Gasteiger partial charge in [0, 0.05) is 51.5 Å². The first-order valence-corrected chi connectivity index (χ1v) is 10.6. The first kappa shape index (κ1) is 23.2. The molecule has 2 aliphatic carbocycles. The summed E-state index contributed by atoms with van der Waals surface area (Å²) in [7, 11) is 1.86. The fraction of sp³-hybridized carbons (Fsp3) is 0.950. The van der Waals surface area contributed by atoms with Gasteiger partial charge in [0.15, 0.2) is 5.96 Å². The van der Waals surface area contributed by atoms with E-state index < -0.39 is 0 Å². The van der Waals surface area contributed by atoms with Gasteiger partial charge < -0.3 is 24.8 Å². The molecule has 3 aliphatic rings. The lowest BCUT2D eigenvalue weighted by atomic mass is 9.60. The summed E-state index contributed by atoms with van der Waals surface area (Å²) in [5.41, 5.74) is 0.333. The Kier molecular flexibility index (Phi) is 10.1. The molecule has 2 unspecified atom stereocenters. The lowest BCUT2D eigenvalue weighted by Crippen LogP contribution is -2.65. The SMILES string of the molecule is CCOC1CC(NC(=NC)NCCCOC2CCOCC2)C12CCCC2.I. The van der Waals surface area contributed by atoms with Crippen LogP contribution >= 0.6 is 24.0 Å².